The van der Waals surface area contributed by atoms with Gasteiger partial charge in [-0.1, -0.05) is 41.9 Å². The largest absolute Gasteiger partial charge is 0.430 e. The number of carbonyl (C=O) groups excluding carboxylic acids is 2. The Morgan fingerprint density at radius 3 is 2.08 bits per heavy atom. The molecule has 0 aliphatic carbocycles. The lowest BCUT2D eigenvalue weighted by atomic mass is 9.82. The predicted octanol–water partition coefficient (Wildman–Crippen LogP) is 5.73. The summed E-state index contributed by atoms with van der Waals surface area (Å²) < 4.78 is 41.8. The second kappa shape index (κ2) is 12.4. The first-order chi connectivity index (χ1) is 19.0. The highest BCUT2D eigenvalue weighted by Crippen LogP contribution is 2.41. The molecule has 40 heavy (non-hydrogen) atoms. The van der Waals surface area contributed by atoms with E-state index in [1.165, 1.54) is 12.1 Å². The first-order valence-corrected chi connectivity index (χ1v) is 14.3. The molecule has 2 fully saturated rings. The van der Waals surface area contributed by atoms with Gasteiger partial charge in [-0.25, -0.2) is 0 Å². The second-order valence-electron chi connectivity index (χ2n) is 11.0. The zero-order chi connectivity index (χ0) is 29.1. The van der Waals surface area contributed by atoms with Gasteiger partial charge in [-0.05, 0) is 69.1 Å². The summed E-state index contributed by atoms with van der Waals surface area (Å²) in [5.74, 6) is -0.583. The average molecular weight is 580 g/mol. The minimum absolute atomic E-state index is 0.103. The smallest absolute Gasteiger partial charge is 0.371 e. The molecule has 1 unspecified atom stereocenters. The number of alkyl halides is 3. The van der Waals surface area contributed by atoms with Crippen LogP contribution < -0.4 is 4.90 Å². The van der Waals surface area contributed by atoms with Crippen LogP contribution in [0, 0.1) is 11.8 Å². The molecule has 0 spiro atoms. The third-order valence-corrected chi connectivity index (χ3v) is 8.78. The van der Waals surface area contributed by atoms with Crippen LogP contribution in [-0.2, 0) is 10.4 Å². The summed E-state index contributed by atoms with van der Waals surface area (Å²) in [7, 11) is 1.74. The Balaban J connectivity index is 1.29. The maximum Gasteiger partial charge on any atom is 0.430 e. The van der Waals surface area contributed by atoms with Crippen molar-refractivity contribution in [3.05, 3.63) is 64.7 Å². The van der Waals surface area contributed by atoms with E-state index < -0.39 is 23.2 Å². The van der Waals surface area contributed by atoms with E-state index in [2.05, 4.69) is 4.90 Å². The summed E-state index contributed by atoms with van der Waals surface area (Å²) in [6, 6.07) is 12.2. The molecule has 10 heteroatoms. The highest BCUT2D eigenvalue weighted by atomic mass is 35.5. The van der Waals surface area contributed by atoms with Gasteiger partial charge in [0.15, 0.2) is 0 Å². The molecule has 2 aromatic carbocycles. The number of amides is 2. The molecule has 2 aromatic rings. The molecule has 1 N–H and O–H groups in total. The Hall–Kier alpha value is -2.78. The SMILES string of the molecule is CCN(C)C(=O)c1ccc(N2CCC(CC3CCN(C(=O)C(O)(c4ccccc4)C(F)(F)F)CC3)CC2)cc1Cl. The number of halogens is 4. The lowest BCUT2D eigenvalue weighted by molar-refractivity contribution is -0.262. The van der Waals surface area contributed by atoms with Crippen LogP contribution in [0.4, 0.5) is 18.9 Å². The zero-order valence-electron chi connectivity index (χ0n) is 23.0. The highest BCUT2D eigenvalue weighted by Gasteiger charge is 2.62. The van der Waals surface area contributed by atoms with Crippen molar-refractivity contribution in [3.63, 3.8) is 0 Å². The Morgan fingerprint density at radius 1 is 0.975 bits per heavy atom. The Kier molecular flexibility index (Phi) is 9.35. The number of benzene rings is 2. The maximum absolute atomic E-state index is 13.9. The molecule has 2 aliphatic heterocycles. The maximum atomic E-state index is 13.9. The number of hydrogen-bond donors (Lipinski definition) is 1. The van der Waals surface area contributed by atoms with Crippen molar-refractivity contribution in [1.82, 2.24) is 9.80 Å². The molecule has 2 amide bonds. The molecule has 6 nitrogen and oxygen atoms in total. The van der Waals surface area contributed by atoms with Gasteiger partial charge in [-0.15, -0.1) is 0 Å². The topological polar surface area (TPSA) is 64.1 Å². The van der Waals surface area contributed by atoms with Crippen LogP contribution in [0.5, 0.6) is 0 Å². The normalized spacial score (nSPS) is 18.9. The molecule has 0 radical (unpaired) electrons. The van der Waals surface area contributed by atoms with Gasteiger partial charge in [0.1, 0.15) is 0 Å². The van der Waals surface area contributed by atoms with Crippen molar-refractivity contribution in [2.45, 2.75) is 50.8 Å². The lowest BCUT2D eigenvalue weighted by Crippen LogP contribution is -2.57. The van der Waals surface area contributed by atoms with Crippen molar-refractivity contribution >= 4 is 29.1 Å². The molecule has 1 atom stereocenters. The summed E-state index contributed by atoms with van der Waals surface area (Å²) in [5.41, 5.74) is -2.53. The quantitative estimate of drug-likeness (QED) is 0.455. The minimum Gasteiger partial charge on any atom is -0.371 e. The third kappa shape index (κ3) is 6.25. The number of hydrogen-bond acceptors (Lipinski definition) is 4. The van der Waals surface area contributed by atoms with Crippen LogP contribution in [-0.4, -0.2) is 72.7 Å². The molecule has 2 saturated heterocycles. The van der Waals surface area contributed by atoms with E-state index in [-0.39, 0.29) is 19.0 Å². The van der Waals surface area contributed by atoms with Gasteiger partial charge in [-0.3, -0.25) is 9.59 Å². The average Bonchev–Trinajstić information content (AvgIpc) is 2.96. The van der Waals surface area contributed by atoms with Gasteiger partial charge in [0.25, 0.3) is 17.4 Å². The number of aliphatic hydroxyl groups is 1. The Morgan fingerprint density at radius 2 is 1.55 bits per heavy atom. The van der Waals surface area contributed by atoms with Crippen LogP contribution in [0.25, 0.3) is 0 Å². The van der Waals surface area contributed by atoms with Crippen molar-refractivity contribution in [2.24, 2.45) is 11.8 Å². The van der Waals surface area contributed by atoms with E-state index in [9.17, 15) is 27.9 Å². The molecule has 2 aliphatic rings. The van der Waals surface area contributed by atoms with E-state index in [0.717, 1.165) is 55.1 Å². The molecule has 0 saturated carbocycles. The molecule has 218 valence electrons. The van der Waals surface area contributed by atoms with Crippen LogP contribution >= 0.6 is 11.6 Å². The number of rotatable bonds is 7. The van der Waals surface area contributed by atoms with Crippen LogP contribution in [0.1, 0.15) is 54.9 Å². The van der Waals surface area contributed by atoms with Crippen molar-refractivity contribution in [3.8, 4) is 0 Å². The van der Waals surface area contributed by atoms with Crippen LogP contribution in [0.15, 0.2) is 48.5 Å². The highest BCUT2D eigenvalue weighted by molar-refractivity contribution is 6.34. The second-order valence-corrected chi connectivity index (χ2v) is 11.4. The number of likely N-dealkylation sites (tertiary alicyclic amines) is 1. The van der Waals surface area contributed by atoms with E-state index >= 15 is 0 Å². The molecule has 0 aromatic heterocycles. The fourth-order valence-electron chi connectivity index (χ4n) is 5.81. The summed E-state index contributed by atoms with van der Waals surface area (Å²) in [6.07, 6.45) is -0.953. The predicted molar refractivity (Wildman–Crippen MR) is 149 cm³/mol. The third-order valence-electron chi connectivity index (χ3n) is 8.46. The van der Waals surface area contributed by atoms with Gasteiger partial charge < -0.3 is 19.8 Å². The van der Waals surface area contributed by atoms with Gasteiger partial charge in [0, 0.05) is 51.0 Å². The summed E-state index contributed by atoms with van der Waals surface area (Å²) >= 11 is 6.44. The van der Waals surface area contributed by atoms with Crippen molar-refractivity contribution < 1.29 is 27.9 Å². The van der Waals surface area contributed by atoms with E-state index in [0.29, 0.717) is 41.8 Å². The minimum atomic E-state index is -5.12. The van der Waals surface area contributed by atoms with E-state index in [1.807, 2.05) is 19.1 Å². The molecule has 2 heterocycles. The molecule has 4 rings (SSSR count). The summed E-state index contributed by atoms with van der Waals surface area (Å²) in [5, 5.41) is 11.1. The Labute approximate surface area is 238 Å². The van der Waals surface area contributed by atoms with Crippen LogP contribution in [0.3, 0.4) is 0 Å². The zero-order valence-corrected chi connectivity index (χ0v) is 23.7. The molecular formula is C30H37ClF3N3O3. The summed E-state index contributed by atoms with van der Waals surface area (Å²) in [6.45, 7) is 4.62. The number of anilines is 1. The van der Waals surface area contributed by atoms with Gasteiger partial charge in [0.2, 0.25) is 0 Å². The Bertz CT molecular complexity index is 1180. The van der Waals surface area contributed by atoms with Gasteiger partial charge in [-0.2, -0.15) is 13.2 Å². The lowest BCUT2D eigenvalue weighted by Gasteiger charge is -2.40. The first-order valence-electron chi connectivity index (χ1n) is 13.9. The standard InChI is InChI=1S/C30H37ClF3N3O3/c1-3-35(2)27(38)25-10-9-24(20-26(25)31)36-15-11-21(12-16-36)19-22-13-17-37(18-14-22)28(39)29(40,30(32,33)34)23-7-5-4-6-8-23/h4-10,20-22,40H,3,11-19H2,1-2H3. The van der Waals surface area contributed by atoms with E-state index in [4.69, 9.17) is 11.6 Å². The summed E-state index contributed by atoms with van der Waals surface area (Å²) in [4.78, 5) is 30.5. The van der Waals surface area contributed by atoms with Crippen molar-refractivity contribution in [2.75, 3.05) is 44.7 Å². The molecular weight excluding hydrogens is 543 g/mol. The van der Waals surface area contributed by atoms with Gasteiger partial charge >= 0.3 is 6.18 Å². The fourth-order valence-corrected chi connectivity index (χ4v) is 6.07. The van der Waals surface area contributed by atoms with Crippen LogP contribution in [0.2, 0.25) is 5.02 Å². The molecule has 0 bridgehead atoms. The van der Waals surface area contributed by atoms with E-state index in [1.54, 1.807) is 24.1 Å². The van der Waals surface area contributed by atoms with Crippen molar-refractivity contribution in [1.29, 1.82) is 0 Å². The number of nitrogens with zero attached hydrogens (tertiary/aromatic N) is 3. The number of piperidine rings is 2. The number of carbonyl (C=O) groups is 2. The van der Waals surface area contributed by atoms with Gasteiger partial charge in [0.05, 0.1) is 10.6 Å². The first kappa shape index (κ1) is 30.2. The monoisotopic (exact) mass is 579 g/mol. The fraction of sp³-hybridized carbons (Fsp3) is 0.533.